The number of morpholine rings is 1. The molecular weight excluding hydrogens is 380 g/mol. The lowest BCUT2D eigenvalue weighted by molar-refractivity contribution is 0.122. The third-order valence-electron chi connectivity index (χ3n) is 5.13. The minimum atomic E-state index is 0.520. The van der Waals surface area contributed by atoms with Gasteiger partial charge in [-0.1, -0.05) is 13.3 Å². The number of aryl methyl sites for hydroxylation is 1. The molecule has 0 bridgehead atoms. The molecule has 1 N–H and O–H groups in total. The minimum absolute atomic E-state index is 0.520. The summed E-state index contributed by atoms with van der Waals surface area (Å²) in [7, 11) is 0. The number of aromatic nitrogens is 4. The molecule has 8 nitrogen and oxygen atoms in total. The number of anilines is 3. The first kappa shape index (κ1) is 18.6. The highest BCUT2D eigenvalue weighted by Crippen LogP contribution is 2.24. The van der Waals surface area contributed by atoms with E-state index in [0.29, 0.717) is 17.4 Å². The maximum Gasteiger partial charge on any atom is 0.255 e. The Labute approximate surface area is 174 Å². The number of benzene rings is 1. The molecule has 1 aromatic carbocycles. The van der Waals surface area contributed by atoms with Gasteiger partial charge >= 0.3 is 0 Å². The summed E-state index contributed by atoms with van der Waals surface area (Å²) >= 11 is 0. The van der Waals surface area contributed by atoms with Crippen molar-refractivity contribution in [3.05, 3.63) is 54.4 Å². The van der Waals surface area contributed by atoms with E-state index in [0.717, 1.165) is 56.3 Å². The Hall–Kier alpha value is -3.39. The normalized spacial score (nSPS) is 14.4. The Bertz CT molecular complexity index is 1110. The Morgan fingerprint density at radius 1 is 1.07 bits per heavy atom. The molecule has 0 radical (unpaired) electrons. The maximum absolute atomic E-state index is 5.46. The van der Waals surface area contributed by atoms with Crippen molar-refractivity contribution >= 4 is 23.0 Å². The van der Waals surface area contributed by atoms with Crippen molar-refractivity contribution in [1.82, 2.24) is 19.6 Å². The molecule has 0 saturated carbocycles. The van der Waals surface area contributed by atoms with Crippen LogP contribution in [0.2, 0.25) is 0 Å². The molecule has 4 heterocycles. The van der Waals surface area contributed by atoms with E-state index in [2.05, 4.69) is 56.5 Å². The molecule has 3 aromatic heterocycles. The van der Waals surface area contributed by atoms with Gasteiger partial charge in [0.15, 0.2) is 5.76 Å². The van der Waals surface area contributed by atoms with E-state index in [4.69, 9.17) is 9.15 Å². The molecule has 4 aromatic rings. The van der Waals surface area contributed by atoms with Crippen LogP contribution in [-0.2, 0) is 11.2 Å². The second kappa shape index (κ2) is 8.16. The Balaban J connectivity index is 1.46. The number of fused-ring (bicyclic) bond motifs is 1. The second-order valence-corrected chi connectivity index (χ2v) is 7.28. The van der Waals surface area contributed by atoms with Crippen LogP contribution >= 0.6 is 0 Å². The lowest BCUT2D eigenvalue weighted by Crippen LogP contribution is -2.36. The van der Waals surface area contributed by atoms with Crippen LogP contribution in [0.5, 0.6) is 0 Å². The molecule has 1 fully saturated rings. The summed E-state index contributed by atoms with van der Waals surface area (Å²) in [5.41, 5.74) is 3.17. The number of hydrogen-bond donors (Lipinski definition) is 1. The molecule has 0 atom stereocenters. The lowest BCUT2D eigenvalue weighted by atomic mass is 10.2. The maximum atomic E-state index is 5.46. The highest BCUT2D eigenvalue weighted by Gasteiger charge is 2.15. The Kier molecular flexibility index (Phi) is 5.06. The molecular formula is C22H24N6O2. The predicted molar refractivity (Wildman–Crippen MR) is 115 cm³/mol. The van der Waals surface area contributed by atoms with Crippen molar-refractivity contribution in [2.45, 2.75) is 19.8 Å². The van der Waals surface area contributed by atoms with Crippen LogP contribution in [0.25, 0.3) is 17.4 Å². The minimum Gasteiger partial charge on any atom is -0.461 e. The first-order chi connectivity index (χ1) is 14.8. The van der Waals surface area contributed by atoms with Gasteiger partial charge in [0.25, 0.3) is 5.78 Å². The molecule has 5 rings (SSSR count). The van der Waals surface area contributed by atoms with Gasteiger partial charge in [0.05, 0.1) is 19.5 Å². The summed E-state index contributed by atoms with van der Waals surface area (Å²) in [5.74, 6) is 2.53. The third-order valence-corrected chi connectivity index (χ3v) is 5.13. The first-order valence-corrected chi connectivity index (χ1v) is 10.3. The van der Waals surface area contributed by atoms with E-state index >= 15 is 0 Å². The van der Waals surface area contributed by atoms with E-state index in [1.807, 2.05) is 18.2 Å². The fourth-order valence-corrected chi connectivity index (χ4v) is 3.63. The van der Waals surface area contributed by atoms with Gasteiger partial charge in [-0.2, -0.15) is 9.50 Å². The molecule has 8 heteroatoms. The van der Waals surface area contributed by atoms with Crippen molar-refractivity contribution in [2.75, 3.05) is 36.5 Å². The van der Waals surface area contributed by atoms with Crippen molar-refractivity contribution in [3.63, 3.8) is 0 Å². The van der Waals surface area contributed by atoms with E-state index in [1.54, 1.807) is 10.8 Å². The monoisotopic (exact) mass is 404 g/mol. The van der Waals surface area contributed by atoms with Gasteiger partial charge < -0.3 is 19.4 Å². The number of hydrogen-bond acceptors (Lipinski definition) is 7. The molecule has 154 valence electrons. The average molecular weight is 404 g/mol. The van der Waals surface area contributed by atoms with E-state index in [-0.39, 0.29) is 0 Å². The van der Waals surface area contributed by atoms with Crippen LogP contribution in [0.4, 0.5) is 17.2 Å². The molecule has 1 aliphatic rings. The SMILES string of the molecule is CCCc1cc(Nc2ccc(N3CCOCC3)cc2)n2nc(-c3ccco3)nc2n1. The van der Waals surface area contributed by atoms with Gasteiger partial charge in [-0.3, -0.25) is 0 Å². The largest absolute Gasteiger partial charge is 0.461 e. The van der Waals surface area contributed by atoms with Gasteiger partial charge in [0.1, 0.15) is 5.82 Å². The smallest absolute Gasteiger partial charge is 0.255 e. The summed E-state index contributed by atoms with van der Waals surface area (Å²) in [6.07, 6.45) is 3.51. The Morgan fingerprint density at radius 2 is 1.90 bits per heavy atom. The van der Waals surface area contributed by atoms with E-state index in [1.165, 1.54) is 5.69 Å². The van der Waals surface area contributed by atoms with E-state index < -0.39 is 0 Å². The van der Waals surface area contributed by atoms with Crippen LogP contribution in [0.3, 0.4) is 0 Å². The predicted octanol–water partition coefficient (Wildman–Crippen LogP) is 3.92. The molecule has 0 spiro atoms. The zero-order valence-corrected chi connectivity index (χ0v) is 16.9. The van der Waals surface area contributed by atoms with Gasteiger partial charge in [0, 0.05) is 36.2 Å². The van der Waals surface area contributed by atoms with Crippen molar-refractivity contribution in [2.24, 2.45) is 0 Å². The number of nitrogens with zero attached hydrogens (tertiary/aromatic N) is 5. The van der Waals surface area contributed by atoms with Gasteiger partial charge in [-0.25, -0.2) is 4.98 Å². The van der Waals surface area contributed by atoms with Crippen molar-refractivity contribution in [1.29, 1.82) is 0 Å². The fraction of sp³-hybridized carbons (Fsp3) is 0.318. The van der Waals surface area contributed by atoms with Crippen LogP contribution in [0.1, 0.15) is 19.0 Å². The molecule has 0 aliphatic carbocycles. The quantitative estimate of drug-likeness (QED) is 0.522. The molecule has 30 heavy (non-hydrogen) atoms. The molecule has 0 amide bonds. The number of ether oxygens (including phenoxy) is 1. The highest BCUT2D eigenvalue weighted by molar-refractivity contribution is 5.63. The second-order valence-electron chi connectivity index (χ2n) is 7.28. The lowest BCUT2D eigenvalue weighted by Gasteiger charge is -2.28. The topological polar surface area (TPSA) is 80.7 Å². The summed E-state index contributed by atoms with van der Waals surface area (Å²) in [6.45, 7) is 5.54. The van der Waals surface area contributed by atoms with Crippen LogP contribution in [0.15, 0.2) is 53.1 Å². The van der Waals surface area contributed by atoms with E-state index in [9.17, 15) is 0 Å². The summed E-state index contributed by atoms with van der Waals surface area (Å²) in [5, 5.41) is 8.09. The number of furan rings is 1. The first-order valence-electron chi connectivity index (χ1n) is 10.3. The summed E-state index contributed by atoms with van der Waals surface area (Å²) < 4.78 is 12.6. The fourth-order valence-electron chi connectivity index (χ4n) is 3.63. The Morgan fingerprint density at radius 3 is 2.63 bits per heavy atom. The number of nitrogens with one attached hydrogen (secondary N) is 1. The molecule has 0 unspecified atom stereocenters. The highest BCUT2D eigenvalue weighted by atomic mass is 16.5. The van der Waals surface area contributed by atoms with Crippen LogP contribution in [0, 0.1) is 0 Å². The third kappa shape index (κ3) is 3.73. The molecule has 1 aliphatic heterocycles. The van der Waals surface area contributed by atoms with Gasteiger partial charge in [-0.15, -0.1) is 5.10 Å². The molecule has 1 saturated heterocycles. The van der Waals surface area contributed by atoms with Crippen molar-refractivity contribution in [3.8, 4) is 11.6 Å². The summed E-state index contributed by atoms with van der Waals surface area (Å²) in [4.78, 5) is 11.6. The number of rotatable bonds is 6. The zero-order chi connectivity index (χ0) is 20.3. The van der Waals surface area contributed by atoms with Gasteiger partial charge in [-0.05, 0) is 42.8 Å². The van der Waals surface area contributed by atoms with Crippen LogP contribution in [-0.4, -0.2) is 45.9 Å². The van der Waals surface area contributed by atoms with Crippen molar-refractivity contribution < 1.29 is 9.15 Å². The standard InChI is InChI=1S/C22H24N6O2/c1-2-4-17-15-20(28-22(24-17)25-21(26-28)19-5-3-12-30-19)23-16-6-8-18(9-7-16)27-10-13-29-14-11-27/h3,5-9,12,15,23H,2,4,10-11,13-14H2,1H3. The zero-order valence-electron chi connectivity index (χ0n) is 16.9. The van der Waals surface area contributed by atoms with Crippen LogP contribution < -0.4 is 10.2 Å². The summed E-state index contributed by atoms with van der Waals surface area (Å²) in [6, 6.07) is 14.1. The van der Waals surface area contributed by atoms with Gasteiger partial charge in [0.2, 0.25) is 5.82 Å². The average Bonchev–Trinajstić information content (AvgIpc) is 3.45.